The highest BCUT2D eigenvalue weighted by Crippen LogP contribution is 2.24. The minimum absolute atomic E-state index is 0.737. The lowest BCUT2D eigenvalue weighted by molar-refractivity contribution is 0.253. The average Bonchev–Trinajstić information content (AvgIpc) is 3.01. The lowest BCUT2D eigenvalue weighted by Crippen LogP contribution is -2.30. The largest absolute Gasteiger partial charge is 0.465 e. The van der Waals surface area contributed by atoms with Crippen LogP contribution in [-0.2, 0) is 13.1 Å². The Bertz CT molecular complexity index is 385. The topological polar surface area (TPSA) is 28.4 Å². The van der Waals surface area contributed by atoms with Crippen LogP contribution in [0.5, 0.6) is 0 Å². The maximum Gasteiger partial charge on any atom is 0.118 e. The van der Waals surface area contributed by atoms with E-state index in [4.69, 9.17) is 4.42 Å². The molecule has 0 aliphatic carbocycles. The first kappa shape index (κ1) is 14.9. The second-order valence-electron chi connectivity index (χ2n) is 5.40. The van der Waals surface area contributed by atoms with Gasteiger partial charge < -0.3 is 9.73 Å². The van der Waals surface area contributed by atoms with E-state index in [1.54, 1.807) is 0 Å². The Balaban J connectivity index is 1.88. The van der Waals surface area contributed by atoms with Gasteiger partial charge in [0.15, 0.2) is 0 Å². The van der Waals surface area contributed by atoms with Crippen molar-refractivity contribution in [2.45, 2.75) is 45.8 Å². The van der Waals surface area contributed by atoms with Gasteiger partial charge in [0.1, 0.15) is 11.5 Å². The lowest BCUT2D eigenvalue weighted by atomic mass is 10.2. The van der Waals surface area contributed by atoms with Gasteiger partial charge in [0.25, 0.3) is 0 Å². The molecule has 2 heterocycles. The molecule has 0 radical (unpaired) electrons. The molecule has 4 heteroatoms. The van der Waals surface area contributed by atoms with Gasteiger partial charge in [-0.1, -0.05) is 6.92 Å². The summed E-state index contributed by atoms with van der Waals surface area (Å²) in [5, 5.41) is 3.39. The molecule has 1 unspecified atom stereocenters. The summed E-state index contributed by atoms with van der Waals surface area (Å²) in [5.41, 5.74) is 1.34. The van der Waals surface area contributed by atoms with E-state index in [1.807, 2.05) is 0 Å². The zero-order chi connectivity index (χ0) is 13.7. The zero-order valence-corrected chi connectivity index (χ0v) is 13.2. The number of hydrogen-bond donors (Lipinski definition) is 1. The third kappa shape index (κ3) is 4.26. The molecule has 0 bridgehead atoms. The van der Waals surface area contributed by atoms with Crippen molar-refractivity contribution in [3.05, 3.63) is 23.2 Å². The van der Waals surface area contributed by atoms with Crippen LogP contribution in [0.1, 0.15) is 36.8 Å². The Morgan fingerprint density at radius 1 is 1.53 bits per heavy atom. The molecule has 1 aliphatic heterocycles. The number of hydrogen-bond acceptors (Lipinski definition) is 4. The maximum absolute atomic E-state index is 5.83. The van der Waals surface area contributed by atoms with Gasteiger partial charge in [-0.3, -0.25) is 4.90 Å². The van der Waals surface area contributed by atoms with E-state index in [2.05, 4.69) is 48.9 Å². The monoisotopic (exact) mass is 282 g/mol. The molecule has 1 aliphatic rings. The number of thioether (sulfide) groups is 1. The maximum atomic E-state index is 5.83. The Hall–Kier alpha value is -0.450. The fourth-order valence-corrected chi connectivity index (χ4v) is 3.79. The molecule has 3 nitrogen and oxygen atoms in total. The van der Waals surface area contributed by atoms with E-state index in [0.29, 0.717) is 0 Å². The van der Waals surface area contributed by atoms with Crippen molar-refractivity contribution in [2.24, 2.45) is 0 Å². The molecule has 1 N–H and O–H groups in total. The quantitative estimate of drug-likeness (QED) is 0.778. The van der Waals surface area contributed by atoms with E-state index in [0.717, 1.165) is 43.6 Å². The molecule has 1 aromatic rings. The molecular formula is C15H26N2OS. The Labute approximate surface area is 121 Å². The number of nitrogens with one attached hydrogen (secondary N) is 1. The molecule has 1 fully saturated rings. The summed E-state index contributed by atoms with van der Waals surface area (Å²) < 4.78 is 5.83. The van der Waals surface area contributed by atoms with Gasteiger partial charge in [-0.15, -0.1) is 0 Å². The predicted octanol–water partition coefficient (Wildman–Crippen LogP) is 3.02. The van der Waals surface area contributed by atoms with Gasteiger partial charge in [0, 0.05) is 23.9 Å². The fourth-order valence-electron chi connectivity index (χ4n) is 2.49. The summed E-state index contributed by atoms with van der Waals surface area (Å²) in [5.74, 6) is 4.73. The van der Waals surface area contributed by atoms with E-state index in [-0.39, 0.29) is 0 Å². The summed E-state index contributed by atoms with van der Waals surface area (Å²) >= 11 is 2.07. The van der Waals surface area contributed by atoms with Gasteiger partial charge in [-0.2, -0.15) is 11.8 Å². The van der Waals surface area contributed by atoms with Crippen molar-refractivity contribution in [2.75, 3.05) is 25.1 Å². The van der Waals surface area contributed by atoms with E-state index < -0.39 is 0 Å². The summed E-state index contributed by atoms with van der Waals surface area (Å²) in [4.78, 5) is 2.47. The molecule has 1 saturated heterocycles. The van der Waals surface area contributed by atoms with Crippen LogP contribution in [0.3, 0.4) is 0 Å². The number of aryl methyl sites for hydroxylation is 1. The molecule has 19 heavy (non-hydrogen) atoms. The molecule has 2 rings (SSSR count). The Kier molecular flexibility index (Phi) is 5.79. The van der Waals surface area contributed by atoms with E-state index in [9.17, 15) is 0 Å². The molecule has 0 amide bonds. The Morgan fingerprint density at radius 2 is 2.37 bits per heavy atom. The third-order valence-electron chi connectivity index (χ3n) is 3.75. The van der Waals surface area contributed by atoms with E-state index in [1.165, 1.54) is 23.5 Å². The number of rotatable bonds is 7. The minimum Gasteiger partial charge on any atom is -0.465 e. The first-order chi connectivity index (χ1) is 9.20. The molecule has 108 valence electrons. The van der Waals surface area contributed by atoms with Crippen LogP contribution < -0.4 is 5.32 Å². The van der Waals surface area contributed by atoms with Crippen molar-refractivity contribution in [1.29, 1.82) is 0 Å². The number of furan rings is 1. The highest BCUT2D eigenvalue weighted by molar-refractivity contribution is 7.99. The molecule has 1 aromatic heterocycles. The fraction of sp³-hybridized carbons (Fsp3) is 0.733. The molecule has 1 atom stereocenters. The molecule has 0 aromatic carbocycles. The molecule has 0 spiro atoms. The standard InChI is InChI=1S/C15H26N2OS/c1-4-6-16-9-15-8-13(12(2)18-15)10-17(3)14-5-7-19-11-14/h8,14,16H,4-7,9-11H2,1-3H3. The van der Waals surface area contributed by atoms with Crippen LogP contribution in [0, 0.1) is 6.92 Å². The second-order valence-corrected chi connectivity index (χ2v) is 6.55. The molecule has 0 saturated carbocycles. The smallest absolute Gasteiger partial charge is 0.118 e. The van der Waals surface area contributed by atoms with Crippen LogP contribution in [0.25, 0.3) is 0 Å². The lowest BCUT2D eigenvalue weighted by Gasteiger charge is -2.22. The van der Waals surface area contributed by atoms with Gasteiger partial charge in [0.2, 0.25) is 0 Å². The van der Waals surface area contributed by atoms with Crippen LogP contribution in [-0.4, -0.2) is 36.0 Å². The van der Waals surface area contributed by atoms with Crippen molar-refractivity contribution < 1.29 is 4.42 Å². The highest BCUT2D eigenvalue weighted by atomic mass is 32.2. The van der Waals surface area contributed by atoms with Crippen molar-refractivity contribution in [1.82, 2.24) is 10.2 Å². The van der Waals surface area contributed by atoms with Crippen LogP contribution in [0.2, 0.25) is 0 Å². The van der Waals surface area contributed by atoms with Gasteiger partial charge in [-0.25, -0.2) is 0 Å². The van der Waals surface area contributed by atoms with Gasteiger partial charge in [0.05, 0.1) is 6.54 Å². The van der Waals surface area contributed by atoms with Crippen LogP contribution >= 0.6 is 11.8 Å². The molecular weight excluding hydrogens is 256 g/mol. The summed E-state index contributed by atoms with van der Waals surface area (Å²) in [6.07, 6.45) is 2.48. The van der Waals surface area contributed by atoms with Crippen LogP contribution in [0.4, 0.5) is 0 Å². The van der Waals surface area contributed by atoms with Crippen molar-refractivity contribution in [3.63, 3.8) is 0 Å². The first-order valence-electron chi connectivity index (χ1n) is 7.27. The van der Waals surface area contributed by atoms with Gasteiger partial charge >= 0.3 is 0 Å². The summed E-state index contributed by atoms with van der Waals surface area (Å²) in [7, 11) is 2.23. The average molecular weight is 282 g/mol. The summed E-state index contributed by atoms with van der Waals surface area (Å²) in [6.45, 7) is 7.16. The predicted molar refractivity (Wildman–Crippen MR) is 82.6 cm³/mol. The highest BCUT2D eigenvalue weighted by Gasteiger charge is 2.21. The third-order valence-corrected chi connectivity index (χ3v) is 4.89. The minimum atomic E-state index is 0.737. The second kappa shape index (κ2) is 7.36. The van der Waals surface area contributed by atoms with Crippen molar-refractivity contribution in [3.8, 4) is 0 Å². The Morgan fingerprint density at radius 3 is 3.05 bits per heavy atom. The van der Waals surface area contributed by atoms with E-state index >= 15 is 0 Å². The van der Waals surface area contributed by atoms with Crippen LogP contribution in [0.15, 0.2) is 10.5 Å². The number of nitrogens with zero attached hydrogens (tertiary/aromatic N) is 1. The zero-order valence-electron chi connectivity index (χ0n) is 12.4. The summed E-state index contributed by atoms with van der Waals surface area (Å²) in [6, 6.07) is 2.96. The van der Waals surface area contributed by atoms with Crippen molar-refractivity contribution >= 4 is 11.8 Å². The SMILES string of the molecule is CCCNCc1cc(CN(C)C2CCSC2)c(C)o1. The normalized spacial score (nSPS) is 19.5. The van der Waals surface area contributed by atoms with Gasteiger partial charge in [-0.05, 0) is 45.2 Å². The first-order valence-corrected chi connectivity index (χ1v) is 8.43.